The van der Waals surface area contributed by atoms with Crippen LogP contribution in [0.5, 0.6) is 0 Å². The highest BCUT2D eigenvalue weighted by molar-refractivity contribution is 5.94. The maximum Gasteiger partial charge on any atom is 0.251 e. The molecule has 28 heavy (non-hydrogen) atoms. The number of hydrogen-bond donors (Lipinski definition) is 1. The van der Waals surface area contributed by atoms with Crippen molar-refractivity contribution in [1.82, 2.24) is 29.9 Å². The second kappa shape index (κ2) is 7.48. The molecular formula is C21H20N6O. The number of hydrogen-bond acceptors (Lipinski definition) is 4. The fourth-order valence-corrected chi connectivity index (χ4v) is 3.01. The summed E-state index contributed by atoms with van der Waals surface area (Å²) >= 11 is 0. The molecule has 4 aromatic rings. The minimum Gasteiger partial charge on any atom is -0.346 e. The van der Waals surface area contributed by atoms with Gasteiger partial charge < -0.3 is 5.32 Å². The number of benzene rings is 2. The largest absolute Gasteiger partial charge is 0.346 e. The third kappa shape index (κ3) is 3.55. The molecule has 2 heterocycles. The molecule has 0 fully saturated rings. The zero-order valence-electron chi connectivity index (χ0n) is 15.6. The van der Waals surface area contributed by atoms with E-state index in [4.69, 9.17) is 0 Å². The topological polar surface area (TPSA) is 77.6 Å². The summed E-state index contributed by atoms with van der Waals surface area (Å²) in [5.41, 5.74) is 4.51. The Morgan fingerprint density at radius 2 is 1.68 bits per heavy atom. The number of aryl methyl sites for hydroxylation is 1. The number of nitrogens with zero attached hydrogens (tertiary/aromatic N) is 5. The molecule has 0 aliphatic carbocycles. The summed E-state index contributed by atoms with van der Waals surface area (Å²) in [6.07, 6.45) is 4.90. The van der Waals surface area contributed by atoms with E-state index in [1.807, 2.05) is 73.1 Å². The van der Waals surface area contributed by atoms with Gasteiger partial charge >= 0.3 is 0 Å². The van der Waals surface area contributed by atoms with Crippen molar-refractivity contribution in [3.05, 3.63) is 90.3 Å². The van der Waals surface area contributed by atoms with Gasteiger partial charge in [0.25, 0.3) is 5.91 Å². The Bertz CT molecular complexity index is 1070. The normalized spacial score (nSPS) is 11.9. The van der Waals surface area contributed by atoms with Crippen LogP contribution in [0.25, 0.3) is 11.4 Å². The average molecular weight is 372 g/mol. The molecule has 7 heteroatoms. The third-order valence-corrected chi connectivity index (χ3v) is 4.63. The first-order valence-corrected chi connectivity index (χ1v) is 8.99. The number of aromatic nitrogens is 5. The van der Waals surface area contributed by atoms with Crippen LogP contribution in [-0.2, 0) is 0 Å². The average Bonchev–Trinajstić information content (AvgIpc) is 3.40. The standard InChI is InChI=1S/C21H20N6O/c1-15-11-12-23-27(15)20-9-5-18(6-10-20)21(28)25-16(2)17-3-7-19(8-4-17)26-14-22-13-24-26/h3-14,16H,1-2H3,(H,25,28). The second-order valence-electron chi connectivity index (χ2n) is 6.56. The lowest BCUT2D eigenvalue weighted by Gasteiger charge is -2.15. The van der Waals surface area contributed by atoms with Gasteiger partial charge in [-0.25, -0.2) is 14.3 Å². The Labute approximate surface area is 162 Å². The molecule has 2 aromatic heterocycles. The quantitative estimate of drug-likeness (QED) is 0.583. The number of amides is 1. The lowest BCUT2D eigenvalue weighted by Crippen LogP contribution is -2.26. The smallest absolute Gasteiger partial charge is 0.251 e. The molecule has 0 spiro atoms. The van der Waals surface area contributed by atoms with E-state index in [0.29, 0.717) is 5.56 Å². The first-order valence-electron chi connectivity index (χ1n) is 8.99. The highest BCUT2D eigenvalue weighted by Crippen LogP contribution is 2.17. The van der Waals surface area contributed by atoms with Gasteiger partial charge in [0.05, 0.1) is 17.4 Å². The van der Waals surface area contributed by atoms with Crippen LogP contribution in [0.3, 0.4) is 0 Å². The van der Waals surface area contributed by atoms with Gasteiger partial charge in [-0.1, -0.05) is 12.1 Å². The fraction of sp³-hybridized carbons (Fsp3) is 0.143. The van der Waals surface area contributed by atoms with Crippen molar-refractivity contribution in [2.75, 3.05) is 0 Å². The van der Waals surface area contributed by atoms with Crippen molar-refractivity contribution in [2.45, 2.75) is 19.9 Å². The Kier molecular flexibility index (Phi) is 4.72. The second-order valence-corrected chi connectivity index (χ2v) is 6.56. The van der Waals surface area contributed by atoms with Crippen molar-refractivity contribution >= 4 is 5.91 Å². The minimum absolute atomic E-state index is 0.114. The van der Waals surface area contributed by atoms with Crippen LogP contribution in [0.1, 0.15) is 34.6 Å². The Balaban J connectivity index is 1.43. The minimum atomic E-state index is -0.120. The van der Waals surface area contributed by atoms with E-state index in [-0.39, 0.29) is 11.9 Å². The molecule has 1 amide bonds. The zero-order chi connectivity index (χ0) is 19.5. The molecule has 1 atom stereocenters. The van der Waals surface area contributed by atoms with Crippen LogP contribution >= 0.6 is 0 Å². The molecule has 0 aliphatic heterocycles. The summed E-state index contributed by atoms with van der Waals surface area (Å²) in [4.78, 5) is 16.5. The van der Waals surface area contributed by atoms with Gasteiger partial charge in [0, 0.05) is 17.5 Å². The van der Waals surface area contributed by atoms with E-state index in [1.54, 1.807) is 17.2 Å². The molecule has 0 aliphatic rings. The lowest BCUT2D eigenvalue weighted by atomic mass is 10.1. The van der Waals surface area contributed by atoms with Gasteiger partial charge in [0.1, 0.15) is 12.7 Å². The molecule has 0 saturated heterocycles. The first kappa shape index (κ1) is 17.7. The molecule has 0 saturated carbocycles. The number of rotatable bonds is 5. The van der Waals surface area contributed by atoms with Gasteiger partial charge in [-0.15, -0.1) is 0 Å². The van der Waals surface area contributed by atoms with Crippen molar-refractivity contribution in [1.29, 1.82) is 0 Å². The maximum atomic E-state index is 12.6. The molecular weight excluding hydrogens is 352 g/mol. The molecule has 2 aromatic carbocycles. The van der Waals surface area contributed by atoms with E-state index in [1.165, 1.54) is 6.33 Å². The zero-order valence-corrected chi connectivity index (χ0v) is 15.6. The molecule has 1 N–H and O–H groups in total. The SMILES string of the molecule is Cc1ccnn1-c1ccc(C(=O)NC(C)c2ccc(-n3cncn3)cc2)cc1. The van der Waals surface area contributed by atoms with Crippen LogP contribution in [0, 0.1) is 6.92 Å². The maximum absolute atomic E-state index is 12.6. The molecule has 0 radical (unpaired) electrons. The summed E-state index contributed by atoms with van der Waals surface area (Å²) in [5.74, 6) is -0.114. The van der Waals surface area contributed by atoms with Crippen molar-refractivity contribution in [3.63, 3.8) is 0 Å². The van der Waals surface area contributed by atoms with E-state index < -0.39 is 0 Å². The van der Waals surface area contributed by atoms with E-state index in [9.17, 15) is 4.79 Å². The molecule has 1 unspecified atom stereocenters. The lowest BCUT2D eigenvalue weighted by molar-refractivity contribution is 0.0940. The van der Waals surface area contributed by atoms with Crippen molar-refractivity contribution < 1.29 is 4.79 Å². The fourth-order valence-electron chi connectivity index (χ4n) is 3.01. The predicted molar refractivity (Wildman–Crippen MR) is 106 cm³/mol. The van der Waals surface area contributed by atoms with Gasteiger partial charge in [0.15, 0.2) is 0 Å². The molecule has 4 rings (SSSR count). The van der Waals surface area contributed by atoms with Crippen LogP contribution in [-0.4, -0.2) is 30.5 Å². The van der Waals surface area contributed by atoms with E-state index in [2.05, 4.69) is 20.5 Å². The summed E-state index contributed by atoms with van der Waals surface area (Å²) in [6, 6.07) is 17.1. The van der Waals surface area contributed by atoms with Crippen LogP contribution in [0.15, 0.2) is 73.4 Å². The number of nitrogens with one attached hydrogen (secondary N) is 1. The van der Waals surface area contributed by atoms with Crippen molar-refractivity contribution in [2.24, 2.45) is 0 Å². The summed E-state index contributed by atoms with van der Waals surface area (Å²) in [7, 11) is 0. The Morgan fingerprint density at radius 3 is 2.29 bits per heavy atom. The van der Waals surface area contributed by atoms with Crippen LogP contribution in [0.4, 0.5) is 0 Å². The number of carbonyl (C=O) groups excluding carboxylic acids is 1. The highest BCUT2D eigenvalue weighted by Gasteiger charge is 2.12. The number of carbonyl (C=O) groups is 1. The highest BCUT2D eigenvalue weighted by atomic mass is 16.1. The van der Waals surface area contributed by atoms with Gasteiger partial charge in [-0.05, 0) is 61.9 Å². The first-order chi connectivity index (χ1) is 13.6. The summed E-state index contributed by atoms with van der Waals surface area (Å²) in [6.45, 7) is 3.95. The van der Waals surface area contributed by atoms with Gasteiger partial charge in [-0.3, -0.25) is 4.79 Å². The van der Waals surface area contributed by atoms with E-state index >= 15 is 0 Å². The van der Waals surface area contributed by atoms with Crippen LogP contribution in [0.2, 0.25) is 0 Å². The molecule has 0 bridgehead atoms. The predicted octanol–water partition coefficient (Wildman–Crippen LogP) is 3.25. The Hall–Kier alpha value is -3.74. The van der Waals surface area contributed by atoms with Crippen molar-refractivity contribution in [3.8, 4) is 11.4 Å². The third-order valence-electron chi connectivity index (χ3n) is 4.63. The van der Waals surface area contributed by atoms with Crippen LogP contribution < -0.4 is 5.32 Å². The monoisotopic (exact) mass is 372 g/mol. The van der Waals surface area contributed by atoms with Gasteiger partial charge in [0.2, 0.25) is 0 Å². The van der Waals surface area contributed by atoms with E-state index in [0.717, 1.165) is 22.6 Å². The van der Waals surface area contributed by atoms with Gasteiger partial charge in [-0.2, -0.15) is 10.2 Å². The summed E-state index contributed by atoms with van der Waals surface area (Å²) in [5, 5.41) is 11.4. The molecule has 7 nitrogen and oxygen atoms in total. The summed E-state index contributed by atoms with van der Waals surface area (Å²) < 4.78 is 3.52. The Morgan fingerprint density at radius 1 is 0.964 bits per heavy atom. The molecule has 140 valence electrons.